The molecule has 1 rings (SSSR count). The van der Waals surface area contributed by atoms with Crippen LogP contribution in [0.2, 0.25) is 0 Å². The second-order valence-corrected chi connectivity index (χ2v) is 2.97. The van der Waals surface area contributed by atoms with E-state index in [4.69, 9.17) is 0 Å². The van der Waals surface area contributed by atoms with Crippen LogP contribution in [0.3, 0.4) is 0 Å². The molecule has 0 amide bonds. The molecule has 0 bridgehead atoms. The summed E-state index contributed by atoms with van der Waals surface area (Å²) in [6, 6.07) is 6.75. The van der Waals surface area contributed by atoms with Crippen LogP contribution < -0.4 is 0 Å². The number of rotatable bonds is 2. The number of ketones is 1. The first-order valence-corrected chi connectivity index (χ1v) is 4.72. The lowest BCUT2D eigenvalue weighted by atomic mass is 10.1. The minimum atomic E-state index is -0.0762. The molecule has 0 aromatic heterocycles. The highest BCUT2D eigenvalue weighted by Crippen LogP contribution is 2.05. The molecule has 0 saturated carbocycles. The van der Waals surface area contributed by atoms with Gasteiger partial charge in [0.25, 0.3) is 0 Å². The Labute approximate surface area is 84.9 Å². The summed E-state index contributed by atoms with van der Waals surface area (Å²) in [6.07, 6.45) is 1.94. The highest BCUT2D eigenvalue weighted by atomic mass is 16.1. The Morgan fingerprint density at radius 3 is 2.14 bits per heavy atom. The Balaban J connectivity index is 0.000000500. The van der Waals surface area contributed by atoms with Crippen LogP contribution in [0.25, 0.3) is 0 Å². The van der Waals surface area contributed by atoms with E-state index in [-0.39, 0.29) is 5.78 Å². The molecule has 0 heterocycles. The van der Waals surface area contributed by atoms with E-state index in [1.165, 1.54) is 13.3 Å². The van der Waals surface area contributed by atoms with Gasteiger partial charge >= 0.3 is 0 Å². The lowest BCUT2D eigenvalue weighted by molar-refractivity contribution is 0.101. The van der Waals surface area contributed by atoms with Crippen LogP contribution in [-0.4, -0.2) is 12.1 Å². The zero-order chi connectivity index (χ0) is 11.0. The molecule has 1 aromatic carbocycles. The SMILES string of the molecule is CC(=O)c1ccccc1C=O.CCC. The van der Waals surface area contributed by atoms with E-state index in [0.717, 1.165) is 0 Å². The Bertz CT molecular complexity index is 303. The van der Waals surface area contributed by atoms with E-state index in [0.29, 0.717) is 17.4 Å². The summed E-state index contributed by atoms with van der Waals surface area (Å²) in [4.78, 5) is 21.2. The van der Waals surface area contributed by atoms with Gasteiger partial charge in [0.05, 0.1) is 0 Å². The molecular formula is C12H16O2. The van der Waals surface area contributed by atoms with Gasteiger partial charge in [0.15, 0.2) is 12.1 Å². The fraction of sp³-hybridized carbons (Fsp3) is 0.333. The van der Waals surface area contributed by atoms with E-state index >= 15 is 0 Å². The Kier molecular flexibility index (Phi) is 6.29. The normalized spacial score (nSPS) is 8.50. The van der Waals surface area contributed by atoms with Crippen LogP contribution in [0.4, 0.5) is 0 Å². The van der Waals surface area contributed by atoms with Crippen molar-refractivity contribution in [2.24, 2.45) is 0 Å². The summed E-state index contributed by atoms with van der Waals surface area (Å²) in [5.74, 6) is -0.0762. The standard InChI is InChI=1S/C9H8O2.C3H8/c1-7(11)9-5-3-2-4-8(9)6-10;1-3-2/h2-6H,1H3;3H2,1-2H3. The van der Waals surface area contributed by atoms with Crippen molar-refractivity contribution in [2.75, 3.05) is 0 Å². The molecule has 1 aromatic rings. The summed E-state index contributed by atoms with van der Waals surface area (Å²) in [7, 11) is 0. The van der Waals surface area contributed by atoms with Crippen molar-refractivity contribution >= 4 is 12.1 Å². The predicted molar refractivity (Wildman–Crippen MR) is 57.8 cm³/mol. The molecule has 0 aliphatic rings. The fourth-order valence-electron chi connectivity index (χ4n) is 0.920. The molecule has 2 heteroatoms. The number of Topliss-reactive ketones (excluding diaryl/α,β-unsaturated/α-hetero) is 1. The average Bonchev–Trinajstić information content (AvgIpc) is 2.19. The maximum Gasteiger partial charge on any atom is 0.160 e. The monoisotopic (exact) mass is 192 g/mol. The van der Waals surface area contributed by atoms with Gasteiger partial charge in [0, 0.05) is 11.1 Å². The van der Waals surface area contributed by atoms with Gasteiger partial charge in [-0.05, 0) is 6.92 Å². The summed E-state index contributed by atoms with van der Waals surface area (Å²) in [6.45, 7) is 5.70. The van der Waals surface area contributed by atoms with Crippen molar-refractivity contribution in [1.29, 1.82) is 0 Å². The molecule has 0 saturated heterocycles. The van der Waals surface area contributed by atoms with Crippen molar-refractivity contribution in [3.05, 3.63) is 35.4 Å². The second-order valence-electron chi connectivity index (χ2n) is 2.97. The number of benzene rings is 1. The maximum absolute atomic E-state index is 10.9. The zero-order valence-electron chi connectivity index (χ0n) is 8.91. The number of hydrogen-bond acceptors (Lipinski definition) is 2. The Morgan fingerprint density at radius 2 is 1.79 bits per heavy atom. The Morgan fingerprint density at radius 1 is 1.29 bits per heavy atom. The summed E-state index contributed by atoms with van der Waals surface area (Å²) < 4.78 is 0. The minimum absolute atomic E-state index is 0.0762. The number of carbonyl (C=O) groups is 2. The minimum Gasteiger partial charge on any atom is -0.298 e. The third-order valence-corrected chi connectivity index (χ3v) is 1.47. The van der Waals surface area contributed by atoms with Crippen LogP contribution in [0.15, 0.2) is 24.3 Å². The summed E-state index contributed by atoms with van der Waals surface area (Å²) in [5.41, 5.74) is 0.947. The first-order chi connectivity index (χ1) is 6.67. The van der Waals surface area contributed by atoms with Crippen LogP contribution in [0.5, 0.6) is 0 Å². The molecular weight excluding hydrogens is 176 g/mol. The third kappa shape index (κ3) is 3.99. The van der Waals surface area contributed by atoms with Gasteiger partial charge in [-0.25, -0.2) is 0 Å². The second kappa shape index (κ2) is 7.01. The molecule has 0 aliphatic carbocycles. The first-order valence-electron chi connectivity index (χ1n) is 4.72. The molecule has 0 spiro atoms. The summed E-state index contributed by atoms with van der Waals surface area (Å²) in [5, 5.41) is 0. The van der Waals surface area contributed by atoms with Gasteiger partial charge in [0.1, 0.15) is 0 Å². The van der Waals surface area contributed by atoms with Gasteiger partial charge < -0.3 is 0 Å². The van der Waals surface area contributed by atoms with Crippen LogP contribution >= 0.6 is 0 Å². The van der Waals surface area contributed by atoms with Crippen LogP contribution in [-0.2, 0) is 0 Å². The van der Waals surface area contributed by atoms with Crippen molar-refractivity contribution in [2.45, 2.75) is 27.2 Å². The quantitative estimate of drug-likeness (QED) is 0.533. The molecule has 0 unspecified atom stereocenters. The lowest BCUT2D eigenvalue weighted by Gasteiger charge is -1.96. The van der Waals surface area contributed by atoms with Crippen molar-refractivity contribution in [1.82, 2.24) is 0 Å². The van der Waals surface area contributed by atoms with Crippen LogP contribution in [0, 0.1) is 0 Å². The summed E-state index contributed by atoms with van der Waals surface area (Å²) >= 11 is 0. The van der Waals surface area contributed by atoms with Gasteiger partial charge in [-0.1, -0.05) is 44.5 Å². The average molecular weight is 192 g/mol. The van der Waals surface area contributed by atoms with E-state index in [9.17, 15) is 9.59 Å². The van der Waals surface area contributed by atoms with Crippen molar-refractivity contribution in [3.8, 4) is 0 Å². The molecule has 0 fully saturated rings. The number of hydrogen-bond donors (Lipinski definition) is 0. The molecule has 0 atom stereocenters. The molecule has 2 nitrogen and oxygen atoms in total. The lowest BCUT2D eigenvalue weighted by Crippen LogP contribution is -1.97. The van der Waals surface area contributed by atoms with E-state index in [1.807, 2.05) is 0 Å². The van der Waals surface area contributed by atoms with Crippen LogP contribution in [0.1, 0.15) is 47.9 Å². The smallest absolute Gasteiger partial charge is 0.160 e. The third-order valence-electron chi connectivity index (χ3n) is 1.47. The Hall–Kier alpha value is -1.44. The first kappa shape index (κ1) is 12.6. The van der Waals surface area contributed by atoms with Gasteiger partial charge in [0.2, 0.25) is 0 Å². The zero-order valence-corrected chi connectivity index (χ0v) is 8.91. The van der Waals surface area contributed by atoms with Crippen molar-refractivity contribution < 1.29 is 9.59 Å². The maximum atomic E-state index is 10.9. The number of carbonyl (C=O) groups excluding carboxylic acids is 2. The predicted octanol–water partition coefficient (Wildman–Crippen LogP) is 3.12. The molecule has 0 radical (unpaired) electrons. The van der Waals surface area contributed by atoms with E-state index in [2.05, 4.69) is 13.8 Å². The molecule has 14 heavy (non-hydrogen) atoms. The highest BCUT2D eigenvalue weighted by molar-refractivity contribution is 6.01. The van der Waals surface area contributed by atoms with Gasteiger partial charge in [-0.2, -0.15) is 0 Å². The number of aldehydes is 1. The largest absolute Gasteiger partial charge is 0.298 e. The van der Waals surface area contributed by atoms with E-state index in [1.54, 1.807) is 24.3 Å². The molecule has 76 valence electrons. The van der Waals surface area contributed by atoms with E-state index < -0.39 is 0 Å². The topological polar surface area (TPSA) is 34.1 Å². The fourth-order valence-corrected chi connectivity index (χ4v) is 0.920. The molecule has 0 N–H and O–H groups in total. The molecule has 0 aliphatic heterocycles. The highest BCUT2D eigenvalue weighted by Gasteiger charge is 2.03. The van der Waals surface area contributed by atoms with Gasteiger partial charge in [-0.15, -0.1) is 0 Å². The van der Waals surface area contributed by atoms with Crippen molar-refractivity contribution in [3.63, 3.8) is 0 Å². The van der Waals surface area contributed by atoms with Gasteiger partial charge in [-0.3, -0.25) is 9.59 Å².